The first-order chi connectivity index (χ1) is 6.66. The summed E-state index contributed by atoms with van der Waals surface area (Å²) in [7, 11) is 1.93. The molecule has 1 aliphatic heterocycles. The van der Waals surface area contributed by atoms with Crippen LogP contribution in [0.5, 0.6) is 0 Å². The van der Waals surface area contributed by atoms with Gasteiger partial charge in [-0.2, -0.15) is 0 Å². The molecule has 0 radical (unpaired) electrons. The Balaban J connectivity index is 2.96. The van der Waals surface area contributed by atoms with Crippen molar-refractivity contribution >= 4 is 5.91 Å². The molecule has 0 saturated carbocycles. The van der Waals surface area contributed by atoms with Gasteiger partial charge < -0.3 is 16.0 Å². The molecule has 0 unspecified atom stereocenters. The molecule has 3 N–H and O–H groups in total. The Morgan fingerprint density at radius 1 is 1.64 bits per heavy atom. The molecule has 1 amide bonds. The van der Waals surface area contributed by atoms with Gasteiger partial charge in [0.1, 0.15) is 5.70 Å². The number of carbonyl (C=O) groups excluding carboxylic acids is 1. The van der Waals surface area contributed by atoms with Crippen LogP contribution >= 0.6 is 0 Å². The number of nitrogens with two attached hydrogens (primary N) is 1. The van der Waals surface area contributed by atoms with E-state index in [1.165, 1.54) is 0 Å². The third-order valence-electron chi connectivity index (χ3n) is 2.18. The number of carbonyl (C=O) groups is 1. The topological polar surface area (TPSA) is 58.4 Å². The predicted molar refractivity (Wildman–Crippen MR) is 56.3 cm³/mol. The molecule has 1 heterocycles. The Bertz CT molecular complexity index is 281. The second kappa shape index (κ2) is 4.69. The Morgan fingerprint density at radius 2 is 2.36 bits per heavy atom. The number of hydrogen-bond acceptors (Lipinski definition) is 3. The van der Waals surface area contributed by atoms with Crippen LogP contribution in [0.2, 0.25) is 0 Å². The highest BCUT2D eigenvalue weighted by Gasteiger charge is 2.16. The number of allylic oxidation sites excluding steroid dienone is 2. The Kier molecular flexibility index (Phi) is 3.56. The summed E-state index contributed by atoms with van der Waals surface area (Å²) in [6, 6.07) is 0. The predicted octanol–water partition coefficient (Wildman–Crippen LogP) is 0.184. The van der Waals surface area contributed by atoms with Crippen molar-refractivity contribution in [2.75, 3.05) is 20.1 Å². The second-order valence-electron chi connectivity index (χ2n) is 3.29. The van der Waals surface area contributed by atoms with Crippen LogP contribution in [0.3, 0.4) is 0 Å². The van der Waals surface area contributed by atoms with Crippen molar-refractivity contribution < 1.29 is 4.79 Å². The highest BCUT2D eigenvalue weighted by molar-refractivity contribution is 5.93. The normalized spacial score (nSPS) is 18.7. The highest BCUT2D eigenvalue weighted by Crippen LogP contribution is 2.09. The van der Waals surface area contributed by atoms with E-state index in [1.54, 1.807) is 0 Å². The van der Waals surface area contributed by atoms with Crippen LogP contribution < -0.4 is 11.1 Å². The minimum Gasteiger partial charge on any atom is -0.393 e. The van der Waals surface area contributed by atoms with E-state index in [0.29, 0.717) is 12.2 Å². The molecule has 0 aromatic carbocycles. The summed E-state index contributed by atoms with van der Waals surface area (Å²) in [5.41, 5.74) is 6.84. The number of nitrogens with zero attached hydrogens (tertiary/aromatic N) is 1. The number of amides is 1. The lowest BCUT2D eigenvalue weighted by Gasteiger charge is -2.18. The molecule has 4 nitrogen and oxygen atoms in total. The second-order valence-corrected chi connectivity index (χ2v) is 3.29. The highest BCUT2D eigenvalue weighted by atomic mass is 16.2. The standard InChI is InChI=1S/C10H17N3O/c1-3-4-5-8-9(11)10(14)12-6-7-13(8)2/h4-5H,3,6-7,11H2,1-2H3,(H,12,14)/b5-4-. The van der Waals surface area contributed by atoms with E-state index in [9.17, 15) is 4.79 Å². The zero-order chi connectivity index (χ0) is 10.6. The van der Waals surface area contributed by atoms with Crippen LogP contribution in [0.4, 0.5) is 0 Å². The van der Waals surface area contributed by atoms with Crippen LogP contribution in [0.1, 0.15) is 13.3 Å². The molecule has 78 valence electrons. The van der Waals surface area contributed by atoms with Crippen LogP contribution in [0.25, 0.3) is 0 Å². The molecule has 0 fully saturated rings. The van der Waals surface area contributed by atoms with Crippen molar-refractivity contribution in [1.29, 1.82) is 0 Å². The van der Waals surface area contributed by atoms with Gasteiger partial charge >= 0.3 is 0 Å². The van der Waals surface area contributed by atoms with E-state index in [0.717, 1.165) is 18.7 Å². The monoisotopic (exact) mass is 195 g/mol. The third-order valence-corrected chi connectivity index (χ3v) is 2.18. The molecule has 0 aromatic heterocycles. The molecule has 0 aliphatic carbocycles. The van der Waals surface area contributed by atoms with Gasteiger partial charge in [-0.3, -0.25) is 4.79 Å². The molecule has 1 aliphatic rings. The molecule has 0 atom stereocenters. The SMILES string of the molecule is CC/C=C\C1=C(N)C(=O)NCCN1C. The molecule has 0 spiro atoms. The summed E-state index contributed by atoms with van der Waals surface area (Å²) in [6.45, 7) is 3.47. The van der Waals surface area contributed by atoms with Gasteiger partial charge in [-0.05, 0) is 12.5 Å². The molecule has 4 heteroatoms. The molecular formula is C10H17N3O. The number of likely N-dealkylation sites (N-methyl/N-ethyl adjacent to an activating group) is 1. The van der Waals surface area contributed by atoms with Crippen LogP contribution in [-0.2, 0) is 4.79 Å². The van der Waals surface area contributed by atoms with Gasteiger partial charge in [0, 0.05) is 20.1 Å². The summed E-state index contributed by atoms with van der Waals surface area (Å²) in [5, 5.41) is 2.73. The molecule has 0 aromatic rings. The quantitative estimate of drug-likeness (QED) is 0.661. The minimum atomic E-state index is -0.176. The summed E-state index contributed by atoms with van der Waals surface area (Å²) in [5.74, 6) is -0.176. The van der Waals surface area contributed by atoms with E-state index in [1.807, 2.05) is 31.0 Å². The van der Waals surface area contributed by atoms with Crippen molar-refractivity contribution in [3.63, 3.8) is 0 Å². The van der Waals surface area contributed by atoms with Gasteiger partial charge in [-0.15, -0.1) is 0 Å². The van der Waals surface area contributed by atoms with Crippen molar-refractivity contribution in [3.05, 3.63) is 23.5 Å². The van der Waals surface area contributed by atoms with Crippen molar-refractivity contribution in [3.8, 4) is 0 Å². The van der Waals surface area contributed by atoms with Gasteiger partial charge in [-0.25, -0.2) is 0 Å². The number of rotatable bonds is 2. The van der Waals surface area contributed by atoms with Crippen molar-refractivity contribution in [2.45, 2.75) is 13.3 Å². The van der Waals surface area contributed by atoms with E-state index >= 15 is 0 Å². The molecule has 1 rings (SSSR count). The van der Waals surface area contributed by atoms with Gasteiger partial charge in [0.05, 0.1) is 5.70 Å². The van der Waals surface area contributed by atoms with E-state index < -0.39 is 0 Å². The van der Waals surface area contributed by atoms with Crippen LogP contribution in [0, 0.1) is 0 Å². The average Bonchev–Trinajstić information content (AvgIpc) is 2.27. The van der Waals surface area contributed by atoms with Gasteiger partial charge in [-0.1, -0.05) is 13.0 Å². The molecule has 14 heavy (non-hydrogen) atoms. The largest absolute Gasteiger partial charge is 0.393 e. The fourth-order valence-corrected chi connectivity index (χ4v) is 1.32. The summed E-state index contributed by atoms with van der Waals surface area (Å²) < 4.78 is 0. The van der Waals surface area contributed by atoms with Gasteiger partial charge in [0.25, 0.3) is 5.91 Å². The first-order valence-corrected chi connectivity index (χ1v) is 4.82. The van der Waals surface area contributed by atoms with Crippen molar-refractivity contribution in [1.82, 2.24) is 10.2 Å². The minimum absolute atomic E-state index is 0.176. The number of nitrogens with one attached hydrogen (secondary N) is 1. The van der Waals surface area contributed by atoms with E-state index in [2.05, 4.69) is 5.32 Å². The van der Waals surface area contributed by atoms with Gasteiger partial charge in [0.15, 0.2) is 0 Å². The van der Waals surface area contributed by atoms with Crippen molar-refractivity contribution in [2.24, 2.45) is 5.73 Å². The van der Waals surface area contributed by atoms with E-state index in [-0.39, 0.29) is 5.91 Å². The lowest BCUT2D eigenvalue weighted by molar-refractivity contribution is -0.117. The zero-order valence-electron chi connectivity index (χ0n) is 8.71. The smallest absolute Gasteiger partial charge is 0.269 e. The maximum absolute atomic E-state index is 11.4. The Hall–Kier alpha value is -1.45. The third kappa shape index (κ3) is 2.28. The first kappa shape index (κ1) is 10.6. The first-order valence-electron chi connectivity index (χ1n) is 4.82. The Labute approximate surface area is 84.4 Å². The summed E-state index contributed by atoms with van der Waals surface area (Å²) >= 11 is 0. The lowest BCUT2D eigenvalue weighted by atomic mass is 10.2. The summed E-state index contributed by atoms with van der Waals surface area (Å²) in [6.07, 6.45) is 4.84. The average molecular weight is 195 g/mol. The van der Waals surface area contributed by atoms with E-state index in [4.69, 9.17) is 5.73 Å². The van der Waals surface area contributed by atoms with Gasteiger partial charge in [0.2, 0.25) is 0 Å². The molecule has 0 bridgehead atoms. The maximum Gasteiger partial charge on any atom is 0.269 e. The zero-order valence-corrected chi connectivity index (χ0v) is 8.71. The summed E-state index contributed by atoms with van der Waals surface area (Å²) in [4.78, 5) is 13.4. The van der Waals surface area contributed by atoms with Crippen LogP contribution in [0.15, 0.2) is 23.5 Å². The molecule has 0 saturated heterocycles. The fraction of sp³-hybridized carbons (Fsp3) is 0.500. The Morgan fingerprint density at radius 3 is 3.00 bits per heavy atom. The molecular weight excluding hydrogens is 178 g/mol. The fourth-order valence-electron chi connectivity index (χ4n) is 1.32. The lowest BCUT2D eigenvalue weighted by Crippen LogP contribution is -2.29. The van der Waals surface area contributed by atoms with Crippen LogP contribution in [-0.4, -0.2) is 30.9 Å². The number of hydrogen-bond donors (Lipinski definition) is 2. The maximum atomic E-state index is 11.4.